The van der Waals surface area contributed by atoms with Crippen molar-refractivity contribution in [2.45, 2.75) is 6.92 Å². The summed E-state index contributed by atoms with van der Waals surface area (Å²) < 4.78 is 0. The van der Waals surface area contributed by atoms with E-state index in [1.165, 1.54) is 0 Å². The van der Waals surface area contributed by atoms with Crippen molar-refractivity contribution >= 4 is 5.84 Å². The van der Waals surface area contributed by atoms with Crippen LogP contribution in [-0.2, 0) is 0 Å². The van der Waals surface area contributed by atoms with Crippen molar-refractivity contribution in [1.82, 2.24) is 4.98 Å². The molecule has 1 heterocycles. The van der Waals surface area contributed by atoms with Crippen LogP contribution in [0.4, 0.5) is 0 Å². The molecule has 0 spiro atoms. The Bertz CT molecular complexity index is 255. The van der Waals surface area contributed by atoms with E-state index in [0.717, 1.165) is 5.56 Å². The van der Waals surface area contributed by atoms with E-state index in [1.54, 1.807) is 12.3 Å². The van der Waals surface area contributed by atoms with E-state index in [9.17, 15) is 0 Å². The van der Waals surface area contributed by atoms with Gasteiger partial charge in [-0.15, -0.1) is 0 Å². The molecule has 3 heteroatoms. The molecule has 0 aliphatic rings. The molecule has 1 rings (SSSR count). The molecule has 0 atom stereocenters. The zero-order valence-corrected chi connectivity index (χ0v) is 5.76. The fraction of sp³-hybridized carbons (Fsp3) is 0.143. The van der Waals surface area contributed by atoms with Gasteiger partial charge in [0.1, 0.15) is 11.5 Å². The summed E-state index contributed by atoms with van der Waals surface area (Å²) >= 11 is 0. The van der Waals surface area contributed by atoms with Crippen LogP contribution in [0.15, 0.2) is 18.3 Å². The lowest BCUT2D eigenvalue weighted by atomic mass is 10.2. The van der Waals surface area contributed by atoms with Gasteiger partial charge in [0, 0.05) is 6.20 Å². The first kappa shape index (κ1) is 6.74. The molecule has 0 bridgehead atoms. The number of nitrogens with two attached hydrogens (primary N) is 1. The minimum absolute atomic E-state index is 0.0173. The molecule has 0 saturated carbocycles. The lowest BCUT2D eigenvalue weighted by Gasteiger charge is -1.96. The summed E-state index contributed by atoms with van der Waals surface area (Å²) in [6, 6.07) is 3.65. The molecule has 0 aliphatic heterocycles. The summed E-state index contributed by atoms with van der Waals surface area (Å²) in [5.41, 5.74) is 6.81. The van der Waals surface area contributed by atoms with Crippen molar-refractivity contribution in [3.63, 3.8) is 0 Å². The molecule has 0 aromatic carbocycles. The van der Waals surface area contributed by atoms with Crippen LogP contribution in [0.25, 0.3) is 0 Å². The van der Waals surface area contributed by atoms with Crippen molar-refractivity contribution in [3.05, 3.63) is 29.6 Å². The molecular formula is C7H9N3. The Morgan fingerprint density at radius 2 is 2.40 bits per heavy atom. The molecule has 52 valence electrons. The van der Waals surface area contributed by atoms with Crippen molar-refractivity contribution in [2.75, 3.05) is 0 Å². The molecule has 0 unspecified atom stereocenters. The maximum atomic E-state index is 7.05. The number of pyridine rings is 1. The lowest BCUT2D eigenvalue weighted by molar-refractivity contribution is 1.23. The first-order chi connectivity index (χ1) is 4.70. The van der Waals surface area contributed by atoms with Crippen LogP contribution in [0.5, 0.6) is 0 Å². The average molecular weight is 135 g/mol. The van der Waals surface area contributed by atoms with Gasteiger partial charge in [-0.2, -0.15) is 0 Å². The van der Waals surface area contributed by atoms with E-state index in [4.69, 9.17) is 11.1 Å². The standard InChI is InChI=1S/C7H9N3/c1-5-2-3-10-6(4-5)7(8)9/h2-4H,1H3,(H3,8,9). The maximum Gasteiger partial charge on any atom is 0.141 e. The van der Waals surface area contributed by atoms with E-state index >= 15 is 0 Å². The monoisotopic (exact) mass is 135 g/mol. The topological polar surface area (TPSA) is 62.8 Å². The largest absolute Gasteiger partial charge is 0.382 e. The number of aromatic nitrogens is 1. The smallest absolute Gasteiger partial charge is 0.141 e. The van der Waals surface area contributed by atoms with Gasteiger partial charge >= 0.3 is 0 Å². The van der Waals surface area contributed by atoms with Crippen molar-refractivity contribution in [3.8, 4) is 0 Å². The number of rotatable bonds is 1. The number of nitrogens with one attached hydrogen (secondary N) is 1. The lowest BCUT2D eigenvalue weighted by Crippen LogP contribution is -2.12. The summed E-state index contributed by atoms with van der Waals surface area (Å²) in [5.74, 6) is 0.0173. The number of nitrogen functional groups attached to an aromatic ring is 1. The van der Waals surface area contributed by atoms with Crippen LogP contribution in [0.1, 0.15) is 11.3 Å². The second-order valence-electron chi connectivity index (χ2n) is 2.13. The Kier molecular flexibility index (Phi) is 1.67. The van der Waals surface area contributed by atoms with E-state index in [-0.39, 0.29) is 5.84 Å². The van der Waals surface area contributed by atoms with Gasteiger partial charge in [-0.25, -0.2) is 0 Å². The van der Waals surface area contributed by atoms with Crippen LogP contribution in [0.3, 0.4) is 0 Å². The Morgan fingerprint density at radius 3 is 2.80 bits per heavy atom. The zero-order valence-electron chi connectivity index (χ0n) is 5.76. The number of nitrogens with zero attached hydrogens (tertiary/aromatic N) is 1. The average Bonchev–Trinajstić information content (AvgIpc) is 1.88. The molecule has 0 radical (unpaired) electrons. The molecule has 10 heavy (non-hydrogen) atoms. The van der Waals surface area contributed by atoms with Gasteiger partial charge < -0.3 is 5.73 Å². The highest BCUT2D eigenvalue weighted by atomic mass is 14.8. The second-order valence-corrected chi connectivity index (χ2v) is 2.13. The zero-order chi connectivity index (χ0) is 7.56. The SMILES string of the molecule is Cc1ccnc(C(=N)N)c1. The van der Waals surface area contributed by atoms with Crippen LogP contribution in [0, 0.1) is 12.3 Å². The number of amidine groups is 1. The highest BCUT2D eigenvalue weighted by Gasteiger charge is 1.94. The summed E-state index contributed by atoms with van der Waals surface area (Å²) in [6.45, 7) is 1.94. The third kappa shape index (κ3) is 1.31. The van der Waals surface area contributed by atoms with E-state index < -0.39 is 0 Å². The van der Waals surface area contributed by atoms with Crippen LogP contribution in [-0.4, -0.2) is 10.8 Å². The molecule has 0 saturated heterocycles. The highest BCUT2D eigenvalue weighted by Crippen LogP contribution is 1.97. The second kappa shape index (κ2) is 2.47. The van der Waals surface area contributed by atoms with Gasteiger partial charge in [-0.1, -0.05) is 0 Å². The quantitative estimate of drug-likeness (QED) is 0.439. The van der Waals surface area contributed by atoms with E-state index in [1.807, 2.05) is 13.0 Å². The molecule has 3 nitrogen and oxygen atoms in total. The minimum atomic E-state index is 0.0173. The van der Waals surface area contributed by atoms with Crippen molar-refractivity contribution in [2.24, 2.45) is 5.73 Å². The summed E-state index contributed by atoms with van der Waals surface area (Å²) in [4.78, 5) is 3.89. The fourth-order valence-corrected chi connectivity index (χ4v) is 0.683. The molecule has 0 aliphatic carbocycles. The Hall–Kier alpha value is -1.38. The van der Waals surface area contributed by atoms with Crippen LogP contribution >= 0.6 is 0 Å². The fourth-order valence-electron chi connectivity index (χ4n) is 0.683. The highest BCUT2D eigenvalue weighted by molar-refractivity contribution is 5.93. The first-order valence-electron chi connectivity index (χ1n) is 2.97. The minimum Gasteiger partial charge on any atom is -0.382 e. The van der Waals surface area contributed by atoms with Crippen LogP contribution < -0.4 is 5.73 Å². The van der Waals surface area contributed by atoms with Crippen molar-refractivity contribution in [1.29, 1.82) is 5.41 Å². The molecule has 1 aromatic heterocycles. The predicted octanol–water partition coefficient (Wildman–Crippen LogP) is 0.674. The molecule has 0 amide bonds. The third-order valence-corrected chi connectivity index (χ3v) is 1.19. The predicted molar refractivity (Wildman–Crippen MR) is 40.0 cm³/mol. The normalized spacial score (nSPS) is 9.30. The molecular weight excluding hydrogens is 126 g/mol. The van der Waals surface area contributed by atoms with Crippen LogP contribution in [0.2, 0.25) is 0 Å². The van der Waals surface area contributed by atoms with Gasteiger partial charge in [-0.05, 0) is 24.6 Å². The maximum absolute atomic E-state index is 7.05. The van der Waals surface area contributed by atoms with Gasteiger partial charge in [0.15, 0.2) is 0 Å². The summed E-state index contributed by atoms with van der Waals surface area (Å²) in [6.07, 6.45) is 1.64. The van der Waals surface area contributed by atoms with Crippen molar-refractivity contribution < 1.29 is 0 Å². The molecule has 1 aromatic rings. The third-order valence-electron chi connectivity index (χ3n) is 1.19. The van der Waals surface area contributed by atoms with Gasteiger partial charge in [0.2, 0.25) is 0 Å². The molecule has 0 fully saturated rings. The number of hydrogen-bond acceptors (Lipinski definition) is 2. The summed E-state index contributed by atoms with van der Waals surface area (Å²) in [5, 5.41) is 7.05. The Morgan fingerprint density at radius 1 is 1.70 bits per heavy atom. The Labute approximate surface area is 59.4 Å². The van der Waals surface area contributed by atoms with E-state index in [2.05, 4.69) is 4.98 Å². The molecule has 3 N–H and O–H groups in total. The van der Waals surface area contributed by atoms with Gasteiger partial charge in [0.05, 0.1) is 0 Å². The Balaban J connectivity index is 3.07. The van der Waals surface area contributed by atoms with Gasteiger partial charge in [0.25, 0.3) is 0 Å². The summed E-state index contributed by atoms with van der Waals surface area (Å²) in [7, 11) is 0. The van der Waals surface area contributed by atoms with E-state index in [0.29, 0.717) is 5.69 Å². The number of hydrogen-bond donors (Lipinski definition) is 2. The first-order valence-corrected chi connectivity index (χ1v) is 2.97. The number of aryl methyl sites for hydroxylation is 1. The van der Waals surface area contributed by atoms with Gasteiger partial charge in [-0.3, -0.25) is 10.4 Å².